The largest absolute Gasteiger partial charge is 0.300 e. The van der Waals surface area contributed by atoms with Gasteiger partial charge in [0, 0.05) is 20.7 Å². The molecule has 0 amide bonds. The van der Waals surface area contributed by atoms with E-state index < -0.39 is 18.5 Å². The number of rotatable bonds is 5. The van der Waals surface area contributed by atoms with Crippen molar-refractivity contribution >= 4 is 18.5 Å². The van der Waals surface area contributed by atoms with Gasteiger partial charge >= 0.3 is 0 Å². The number of thiol groups is 1. The van der Waals surface area contributed by atoms with Crippen molar-refractivity contribution in [2.75, 3.05) is 14.1 Å². The first kappa shape index (κ1) is 20.5. The molecule has 0 radical (unpaired) electrons. The van der Waals surface area contributed by atoms with E-state index in [1.165, 1.54) is 5.56 Å². The Balaban J connectivity index is 3.10. The first-order chi connectivity index (χ1) is 10.1. The molecule has 134 valence electrons. The highest BCUT2D eigenvalue weighted by molar-refractivity contribution is 8.00. The molecule has 23 heavy (non-hydrogen) atoms. The maximum Gasteiger partial charge on any atom is 0.138 e. The number of hydrogen-bond donors (Lipinski definition) is 3. The number of nitrogens with two attached hydrogens (primary N) is 1. The summed E-state index contributed by atoms with van der Waals surface area (Å²) in [5.74, 6) is 0. The van der Waals surface area contributed by atoms with Crippen molar-refractivity contribution in [1.82, 2.24) is 9.29 Å². The summed E-state index contributed by atoms with van der Waals surface area (Å²) in [6, 6.07) is 7.87. The molecule has 0 aliphatic carbocycles. The van der Waals surface area contributed by atoms with E-state index in [4.69, 9.17) is 5.14 Å². The second-order valence-corrected chi connectivity index (χ2v) is 16.1. The number of benzene rings is 1. The van der Waals surface area contributed by atoms with Crippen molar-refractivity contribution in [2.24, 2.45) is 5.14 Å². The van der Waals surface area contributed by atoms with E-state index in [1.807, 2.05) is 24.3 Å². The van der Waals surface area contributed by atoms with Crippen molar-refractivity contribution < 1.29 is 4.21 Å². The van der Waals surface area contributed by atoms with Crippen LogP contribution in [0.4, 0.5) is 0 Å². The lowest BCUT2D eigenvalue weighted by atomic mass is 9.93. The Bertz CT molecular complexity index is 589. The van der Waals surface area contributed by atoms with Crippen LogP contribution in [-0.2, 0) is 15.8 Å². The summed E-state index contributed by atoms with van der Waals surface area (Å²) >= 11 is 0. The molecular weight excluding hydrogens is 322 g/mol. The van der Waals surface area contributed by atoms with Gasteiger partial charge in [-0.2, -0.15) is 0 Å². The van der Waals surface area contributed by atoms with E-state index in [9.17, 15) is 4.21 Å². The lowest BCUT2D eigenvalue weighted by molar-refractivity contribution is 0.197. The molecule has 0 saturated carbocycles. The van der Waals surface area contributed by atoms with Crippen LogP contribution < -0.4 is 9.53 Å². The number of nitrogens with zero attached hydrogens (tertiary/aromatic N) is 1. The van der Waals surface area contributed by atoms with E-state index in [0.29, 0.717) is 4.90 Å². The Hall–Kier alpha value is -0.533. The van der Waals surface area contributed by atoms with Crippen LogP contribution in [0.25, 0.3) is 0 Å². The Kier molecular flexibility index (Phi) is 5.71. The average molecular weight is 358 g/mol. The van der Waals surface area contributed by atoms with E-state index in [0.717, 1.165) is 0 Å². The maximum absolute atomic E-state index is 13.1. The molecule has 1 aromatic carbocycles. The van der Waals surface area contributed by atoms with Gasteiger partial charge in [0.2, 0.25) is 0 Å². The highest BCUT2D eigenvalue weighted by Gasteiger charge is 2.38. The minimum Gasteiger partial charge on any atom is -0.300 e. The average Bonchev–Trinajstić information content (AvgIpc) is 2.36. The Morgan fingerprint density at radius 2 is 1.48 bits per heavy atom. The lowest BCUT2D eigenvalue weighted by Crippen LogP contribution is -2.59. The maximum atomic E-state index is 13.1. The van der Waals surface area contributed by atoms with Gasteiger partial charge in [-0.1, -0.05) is 46.0 Å². The predicted octanol–water partition coefficient (Wildman–Crippen LogP) is 3.24. The molecule has 0 spiro atoms. The van der Waals surface area contributed by atoms with E-state index in [-0.39, 0.29) is 10.6 Å². The zero-order valence-corrected chi connectivity index (χ0v) is 18.1. The highest BCUT2D eigenvalue weighted by Crippen LogP contribution is 2.35. The van der Waals surface area contributed by atoms with Gasteiger partial charge in [0.15, 0.2) is 0 Å². The molecule has 6 heteroatoms. The Morgan fingerprint density at radius 1 is 1.04 bits per heavy atom. The van der Waals surface area contributed by atoms with Crippen molar-refractivity contribution in [3.8, 4) is 0 Å². The van der Waals surface area contributed by atoms with Gasteiger partial charge in [-0.3, -0.25) is 13.7 Å². The molecule has 1 aromatic rings. The molecule has 0 atom stereocenters. The summed E-state index contributed by atoms with van der Waals surface area (Å²) in [4.78, 5) is 2.86. The second-order valence-electron chi connectivity index (χ2n) is 8.65. The third kappa shape index (κ3) is 4.51. The van der Waals surface area contributed by atoms with Crippen LogP contribution >= 0.6 is 0 Å². The van der Waals surface area contributed by atoms with E-state index in [1.54, 1.807) is 0 Å². The fourth-order valence-corrected chi connectivity index (χ4v) is 7.77. The number of hydrogen-bond acceptors (Lipinski definition) is 2. The Morgan fingerprint density at radius 3 is 1.83 bits per heavy atom. The summed E-state index contributed by atoms with van der Waals surface area (Å²) in [6.45, 7) is 15.2. The summed E-state index contributed by atoms with van der Waals surface area (Å²) in [6.07, 6.45) is 0. The van der Waals surface area contributed by atoms with Crippen LogP contribution in [-0.4, -0.2) is 31.4 Å². The third-order valence-corrected chi connectivity index (χ3v) is 13.8. The standard InChI is InChI=1S/C17H35N3OSSi/c1-16(2,3)23(8,9)19-22(18,21)15-12-10-14(11-13-15)17(4,5)20(6)7/h10-13,22H,1-9H3,(H3,18,19,21). The lowest BCUT2D eigenvalue weighted by Gasteiger charge is -2.41. The summed E-state index contributed by atoms with van der Waals surface area (Å²) in [5, 5.41) is 6.29. The predicted molar refractivity (Wildman–Crippen MR) is 105 cm³/mol. The van der Waals surface area contributed by atoms with Crippen LogP contribution in [0.2, 0.25) is 18.1 Å². The van der Waals surface area contributed by atoms with Crippen molar-refractivity contribution in [2.45, 2.75) is 63.2 Å². The molecule has 4 nitrogen and oxygen atoms in total. The van der Waals surface area contributed by atoms with Crippen LogP contribution in [0.3, 0.4) is 0 Å². The van der Waals surface area contributed by atoms with Gasteiger partial charge < -0.3 is 4.90 Å². The molecular formula is C17H35N3OSSi. The minimum absolute atomic E-state index is 0.0783. The molecule has 0 fully saturated rings. The molecule has 3 N–H and O–H groups in total. The molecule has 0 aromatic heterocycles. The van der Waals surface area contributed by atoms with Crippen LogP contribution in [0, 0.1) is 0 Å². The zero-order chi connectivity index (χ0) is 18.3. The van der Waals surface area contributed by atoms with Gasteiger partial charge in [0.25, 0.3) is 0 Å². The molecule has 0 bridgehead atoms. The summed E-state index contributed by atoms with van der Waals surface area (Å²) in [5.41, 5.74) is 1.10. The highest BCUT2D eigenvalue weighted by atomic mass is 32.3. The van der Waals surface area contributed by atoms with Crippen molar-refractivity contribution in [3.63, 3.8) is 0 Å². The minimum atomic E-state index is -3.06. The van der Waals surface area contributed by atoms with Crippen molar-refractivity contribution in [1.29, 1.82) is 0 Å². The topological polar surface area (TPSA) is 58.4 Å². The Labute approximate surface area is 144 Å². The number of nitrogens with one attached hydrogen (secondary N) is 1. The normalized spacial score (nSPS) is 15.1. The molecule has 0 saturated heterocycles. The van der Waals surface area contributed by atoms with Gasteiger partial charge in [0.1, 0.15) is 8.24 Å². The monoisotopic (exact) mass is 357 g/mol. The van der Waals surface area contributed by atoms with Gasteiger partial charge in [-0.05, 0) is 50.7 Å². The smallest absolute Gasteiger partial charge is 0.138 e. The van der Waals surface area contributed by atoms with Gasteiger partial charge in [0.05, 0.1) is 0 Å². The van der Waals surface area contributed by atoms with Gasteiger partial charge in [-0.15, -0.1) is 0 Å². The second kappa shape index (κ2) is 6.41. The third-order valence-electron chi connectivity index (χ3n) is 5.40. The quantitative estimate of drug-likeness (QED) is 0.560. The van der Waals surface area contributed by atoms with Crippen LogP contribution in [0.5, 0.6) is 0 Å². The van der Waals surface area contributed by atoms with E-state index in [2.05, 4.69) is 71.1 Å². The fourth-order valence-electron chi connectivity index (χ4n) is 2.00. The molecule has 0 heterocycles. The molecule has 0 unspecified atom stereocenters. The fraction of sp³-hybridized carbons (Fsp3) is 0.647. The summed E-state index contributed by atoms with van der Waals surface area (Å²) < 4.78 is 16.4. The van der Waals surface area contributed by atoms with Gasteiger partial charge in [-0.25, -0.2) is 0 Å². The van der Waals surface area contributed by atoms with Crippen LogP contribution in [0.1, 0.15) is 40.2 Å². The SMILES string of the molecule is CN(C)C(C)(C)c1ccc([SH](N)(=O)N[Si](C)(C)C(C)(C)C)cc1. The summed E-state index contributed by atoms with van der Waals surface area (Å²) in [7, 11) is -0.886. The first-order valence-electron chi connectivity index (χ1n) is 8.08. The van der Waals surface area contributed by atoms with Crippen LogP contribution in [0.15, 0.2) is 29.2 Å². The molecule has 0 aliphatic rings. The molecule has 0 aliphatic heterocycles. The van der Waals surface area contributed by atoms with Crippen molar-refractivity contribution in [3.05, 3.63) is 29.8 Å². The zero-order valence-electron chi connectivity index (χ0n) is 16.2. The molecule has 1 rings (SSSR count). The van der Waals surface area contributed by atoms with E-state index >= 15 is 0 Å². The first-order valence-corrected chi connectivity index (χ1v) is 12.9.